The lowest BCUT2D eigenvalue weighted by Crippen LogP contribution is -1.79. The molecule has 0 amide bonds. The Morgan fingerprint density at radius 1 is 1.25 bits per heavy atom. The van der Waals surface area contributed by atoms with Gasteiger partial charge in [-0.15, -0.1) is 0 Å². The molecule has 1 saturated heterocycles. The van der Waals surface area contributed by atoms with Gasteiger partial charge in [-0.25, -0.2) is 0 Å². The van der Waals surface area contributed by atoms with Gasteiger partial charge in [0.25, 0.3) is 0 Å². The molecule has 2 heteroatoms. The monoisotopic (exact) mass is 160 g/mol. The van der Waals surface area contributed by atoms with Crippen LogP contribution in [0, 0.1) is 0 Å². The highest BCUT2D eigenvalue weighted by Crippen LogP contribution is 2.34. The number of hydrogen-bond donors (Lipinski definition) is 0. The van der Waals surface area contributed by atoms with Crippen molar-refractivity contribution < 1.29 is 9.15 Å². The molecule has 2 aromatic rings. The van der Waals surface area contributed by atoms with Crippen molar-refractivity contribution in [1.82, 2.24) is 0 Å². The second-order valence-electron chi connectivity index (χ2n) is 3.01. The van der Waals surface area contributed by atoms with Crippen LogP contribution in [0.3, 0.4) is 0 Å². The Balaban J connectivity index is 2.32. The molecular weight excluding hydrogens is 152 g/mol. The number of hydrogen-bond acceptors (Lipinski definition) is 2. The predicted molar refractivity (Wildman–Crippen MR) is 44.9 cm³/mol. The van der Waals surface area contributed by atoms with Crippen LogP contribution in [0.1, 0.15) is 11.7 Å². The van der Waals surface area contributed by atoms with Gasteiger partial charge < -0.3 is 9.15 Å². The van der Waals surface area contributed by atoms with Crippen molar-refractivity contribution in [3.05, 3.63) is 36.1 Å². The third kappa shape index (κ3) is 0.786. The number of para-hydroxylation sites is 1. The molecule has 0 spiro atoms. The zero-order valence-corrected chi connectivity index (χ0v) is 6.49. The van der Waals surface area contributed by atoms with Crippen molar-refractivity contribution in [2.75, 3.05) is 6.61 Å². The van der Waals surface area contributed by atoms with Gasteiger partial charge >= 0.3 is 0 Å². The summed E-state index contributed by atoms with van der Waals surface area (Å²) in [5, 5.41) is 1.16. The summed E-state index contributed by atoms with van der Waals surface area (Å²) in [6.07, 6.45) is 2.00. The number of furan rings is 1. The molecule has 2 heterocycles. The number of fused-ring (bicyclic) bond motifs is 1. The van der Waals surface area contributed by atoms with Gasteiger partial charge in [0.2, 0.25) is 0 Å². The highest BCUT2D eigenvalue weighted by atomic mass is 16.6. The highest BCUT2D eigenvalue weighted by Gasteiger charge is 2.27. The molecule has 1 atom stereocenters. The van der Waals surface area contributed by atoms with E-state index in [2.05, 4.69) is 6.07 Å². The first kappa shape index (κ1) is 6.26. The van der Waals surface area contributed by atoms with Crippen molar-refractivity contribution in [3.8, 4) is 0 Å². The van der Waals surface area contributed by atoms with Gasteiger partial charge in [-0.3, -0.25) is 0 Å². The zero-order valence-electron chi connectivity index (χ0n) is 6.49. The van der Waals surface area contributed by atoms with E-state index in [9.17, 15) is 0 Å². The molecule has 2 nitrogen and oxygen atoms in total. The Morgan fingerprint density at radius 3 is 3.00 bits per heavy atom. The first-order valence-corrected chi connectivity index (χ1v) is 4.03. The maximum Gasteiger partial charge on any atom is 0.139 e. The molecule has 0 saturated carbocycles. The molecule has 12 heavy (non-hydrogen) atoms. The van der Waals surface area contributed by atoms with Crippen LogP contribution in [0.25, 0.3) is 11.0 Å². The van der Waals surface area contributed by atoms with Crippen LogP contribution < -0.4 is 0 Å². The molecule has 0 radical (unpaired) electrons. The summed E-state index contributed by atoms with van der Waals surface area (Å²) >= 11 is 0. The minimum Gasteiger partial charge on any atom is -0.464 e. The van der Waals surface area contributed by atoms with Gasteiger partial charge in [-0.2, -0.15) is 0 Å². The van der Waals surface area contributed by atoms with Gasteiger partial charge in [0.1, 0.15) is 11.7 Å². The largest absolute Gasteiger partial charge is 0.464 e. The van der Waals surface area contributed by atoms with E-state index >= 15 is 0 Å². The molecule has 60 valence electrons. The second-order valence-corrected chi connectivity index (χ2v) is 3.01. The summed E-state index contributed by atoms with van der Waals surface area (Å²) in [6.45, 7) is 0.833. The molecule has 1 aliphatic rings. The molecule has 0 bridgehead atoms. The Kier molecular flexibility index (Phi) is 1.10. The lowest BCUT2D eigenvalue weighted by atomic mass is 10.1. The zero-order chi connectivity index (χ0) is 7.97. The minimum atomic E-state index is 0.278. The van der Waals surface area contributed by atoms with E-state index in [1.807, 2.05) is 18.2 Å². The number of ether oxygens (including phenoxy) is 1. The maximum atomic E-state index is 5.37. The Morgan fingerprint density at radius 2 is 2.17 bits per heavy atom. The summed E-state index contributed by atoms with van der Waals surface area (Å²) in [6, 6.07) is 8.12. The van der Waals surface area contributed by atoms with Crippen molar-refractivity contribution in [2.24, 2.45) is 0 Å². The topological polar surface area (TPSA) is 25.7 Å². The van der Waals surface area contributed by atoms with E-state index < -0.39 is 0 Å². The van der Waals surface area contributed by atoms with Crippen molar-refractivity contribution in [2.45, 2.75) is 6.10 Å². The third-order valence-corrected chi connectivity index (χ3v) is 2.19. The lowest BCUT2D eigenvalue weighted by molar-refractivity contribution is 0.414. The van der Waals surface area contributed by atoms with Crippen LogP contribution in [-0.2, 0) is 4.74 Å². The van der Waals surface area contributed by atoms with E-state index in [-0.39, 0.29) is 6.10 Å². The maximum absolute atomic E-state index is 5.37. The Hall–Kier alpha value is -1.28. The van der Waals surface area contributed by atoms with E-state index in [0.29, 0.717) is 0 Å². The highest BCUT2D eigenvalue weighted by molar-refractivity contribution is 5.80. The summed E-state index contributed by atoms with van der Waals surface area (Å²) in [5.74, 6) is 0. The van der Waals surface area contributed by atoms with Crippen molar-refractivity contribution in [1.29, 1.82) is 0 Å². The number of rotatable bonds is 1. The normalized spacial score (nSPS) is 21.5. The summed E-state index contributed by atoms with van der Waals surface area (Å²) in [5.41, 5.74) is 2.15. The molecule has 3 rings (SSSR count). The summed E-state index contributed by atoms with van der Waals surface area (Å²) in [7, 11) is 0. The van der Waals surface area contributed by atoms with Crippen LogP contribution in [0.2, 0.25) is 0 Å². The quantitative estimate of drug-likeness (QED) is 0.599. The fourth-order valence-electron chi connectivity index (χ4n) is 1.50. The Labute approximate surface area is 69.7 Å². The van der Waals surface area contributed by atoms with Gasteiger partial charge in [-0.05, 0) is 6.07 Å². The van der Waals surface area contributed by atoms with Crippen LogP contribution in [0.4, 0.5) is 0 Å². The van der Waals surface area contributed by atoms with Gasteiger partial charge in [-0.1, -0.05) is 18.2 Å². The molecule has 1 aliphatic heterocycles. The SMILES string of the molecule is c1cc([C@@H]2CO2)c2occc2c1. The summed E-state index contributed by atoms with van der Waals surface area (Å²) < 4.78 is 10.6. The van der Waals surface area contributed by atoms with Crippen LogP contribution >= 0.6 is 0 Å². The summed E-state index contributed by atoms with van der Waals surface area (Å²) in [4.78, 5) is 0. The van der Waals surface area contributed by atoms with Gasteiger partial charge in [0, 0.05) is 10.9 Å². The average Bonchev–Trinajstić information content (AvgIpc) is 2.82. The lowest BCUT2D eigenvalue weighted by Gasteiger charge is -1.95. The molecule has 1 aromatic heterocycles. The number of epoxide rings is 1. The molecule has 1 aromatic carbocycles. The van der Waals surface area contributed by atoms with Crippen LogP contribution in [-0.4, -0.2) is 6.61 Å². The molecule has 0 aliphatic carbocycles. The minimum absolute atomic E-state index is 0.278. The fraction of sp³-hybridized carbons (Fsp3) is 0.200. The Bertz CT molecular complexity index is 412. The van der Waals surface area contributed by atoms with Crippen LogP contribution in [0.5, 0.6) is 0 Å². The molecule has 0 N–H and O–H groups in total. The van der Waals surface area contributed by atoms with E-state index in [1.54, 1.807) is 6.26 Å². The predicted octanol–water partition coefficient (Wildman–Crippen LogP) is 2.50. The smallest absolute Gasteiger partial charge is 0.139 e. The van der Waals surface area contributed by atoms with E-state index in [4.69, 9.17) is 9.15 Å². The van der Waals surface area contributed by atoms with Crippen LogP contribution in [0.15, 0.2) is 34.9 Å². The number of benzene rings is 1. The fourth-order valence-corrected chi connectivity index (χ4v) is 1.50. The van der Waals surface area contributed by atoms with E-state index in [1.165, 1.54) is 5.56 Å². The molecule has 1 fully saturated rings. The molecular formula is C10H8O2. The van der Waals surface area contributed by atoms with Gasteiger partial charge in [0.15, 0.2) is 0 Å². The standard InChI is InChI=1S/C10H8O2/c1-2-7-4-5-11-10(7)8(3-1)9-6-12-9/h1-5,9H,6H2/t9-/m0/s1. The first-order chi connectivity index (χ1) is 5.95. The second kappa shape index (κ2) is 2.11. The average molecular weight is 160 g/mol. The molecule has 0 unspecified atom stereocenters. The van der Waals surface area contributed by atoms with Crippen molar-refractivity contribution in [3.63, 3.8) is 0 Å². The van der Waals surface area contributed by atoms with Gasteiger partial charge in [0.05, 0.1) is 12.9 Å². The van der Waals surface area contributed by atoms with E-state index in [0.717, 1.165) is 17.6 Å². The third-order valence-electron chi connectivity index (χ3n) is 2.19. The first-order valence-electron chi connectivity index (χ1n) is 4.03. The van der Waals surface area contributed by atoms with Crippen molar-refractivity contribution >= 4 is 11.0 Å².